The van der Waals surface area contributed by atoms with Crippen LogP contribution in [-0.4, -0.2) is 5.91 Å². The Morgan fingerprint density at radius 3 is 2.67 bits per heavy atom. The largest absolute Gasteiger partial charge is 0.466 e. The second-order valence-electron chi connectivity index (χ2n) is 4.20. The number of hydrogen-bond donors (Lipinski definition) is 1. The van der Waals surface area contributed by atoms with Gasteiger partial charge < -0.3 is 9.73 Å². The number of thiophene rings is 1. The monoisotopic (exact) mass is 375 g/mol. The van der Waals surface area contributed by atoms with Gasteiger partial charge in [0.25, 0.3) is 5.91 Å². The highest BCUT2D eigenvalue weighted by molar-refractivity contribution is 14.1. The average molecular weight is 375 g/mol. The highest BCUT2D eigenvalue weighted by Gasteiger charge is 2.16. The summed E-state index contributed by atoms with van der Waals surface area (Å²) in [4.78, 5) is 12.0. The zero-order valence-electron chi connectivity index (χ0n) is 10.4. The van der Waals surface area contributed by atoms with E-state index in [0.717, 1.165) is 20.0 Å². The number of carbonyl (C=O) groups is 1. The summed E-state index contributed by atoms with van der Waals surface area (Å²) in [5, 5.41) is 4.86. The van der Waals surface area contributed by atoms with Crippen LogP contribution in [0.2, 0.25) is 0 Å². The summed E-state index contributed by atoms with van der Waals surface area (Å²) in [7, 11) is 0. The molecular formula is C13H14INO2S. The van der Waals surface area contributed by atoms with E-state index in [-0.39, 0.29) is 11.9 Å². The molecule has 0 spiro atoms. The molecule has 2 heterocycles. The Morgan fingerprint density at radius 1 is 1.44 bits per heavy atom. The van der Waals surface area contributed by atoms with Gasteiger partial charge in [-0.05, 0) is 55.5 Å². The van der Waals surface area contributed by atoms with Gasteiger partial charge in [0, 0.05) is 10.9 Å². The van der Waals surface area contributed by atoms with E-state index >= 15 is 0 Å². The van der Waals surface area contributed by atoms with Crippen molar-refractivity contribution >= 4 is 39.8 Å². The van der Waals surface area contributed by atoms with E-state index in [1.165, 1.54) is 0 Å². The van der Waals surface area contributed by atoms with Crippen molar-refractivity contribution in [3.05, 3.63) is 43.0 Å². The first kappa shape index (κ1) is 13.6. The van der Waals surface area contributed by atoms with Crippen molar-refractivity contribution in [3.63, 3.8) is 0 Å². The van der Waals surface area contributed by atoms with E-state index in [2.05, 4.69) is 27.9 Å². The molecule has 1 N–H and O–H groups in total. The highest BCUT2D eigenvalue weighted by atomic mass is 127. The Balaban J connectivity index is 2.10. The predicted molar refractivity (Wildman–Crippen MR) is 81.1 cm³/mol. The molecule has 0 aliphatic carbocycles. The lowest BCUT2D eigenvalue weighted by molar-refractivity contribution is 0.0940. The predicted octanol–water partition coefficient (Wildman–Crippen LogP) is 4.05. The molecule has 18 heavy (non-hydrogen) atoms. The Bertz CT molecular complexity index is 573. The molecule has 2 aromatic rings. The zero-order chi connectivity index (χ0) is 13.3. The molecule has 0 aliphatic rings. The van der Waals surface area contributed by atoms with Crippen molar-refractivity contribution in [2.75, 3.05) is 0 Å². The second-order valence-corrected chi connectivity index (χ2v) is 7.01. The molecule has 0 fully saturated rings. The van der Waals surface area contributed by atoms with E-state index in [0.29, 0.717) is 5.56 Å². The van der Waals surface area contributed by atoms with Crippen LogP contribution in [0.15, 0.2) is 21.9 Å². The number of amides is 1. The summed E-state index contributed by atoms with van der Waals surface area (Å²) >= 11 is 3.78. The van der Waals surface area contributed by atoms with Gasteiger partial charge in [0.15, 0.2) is 0 Å². The van der Waals surface area contributed by atoms with Crippen LogP contribution in [-0.2, 0) is 0 Å². The maximum absolute atomic E-state index is 12.0. The van der Waals surface area contributed by atoms with Gasteiger partial charge in [0.1, 0.15) is 11.5 Å². The first-order valence-electron chi connectivity index (χ1n) is 5.59. The van der Waals surface area contributed by atoms with Crippen molar-refractivity contribution in [2.24, 2.45) is 0 Å². The van der Waals surface area contributed by atoms with Gasteiger partial charge in [-0.1, -0.05) is 0 Å². The summed E-state index contributed by atoms with van der Waals surface area (Å²) in [6.07, 6.45) is 0. The Kier molecular flexibility index (Phi) is 4.11. The van der Waals surface area contributed by atoms with E-state index in [9.17, 15) is 4.79 Å². The quantitative estimate of drug-likeness (QED) is 0.823. The molecular weight excluding hydrogens is 361 g/mol. The van der Waals surface area contributed by atoms with Crippen molar-refractivity contribution in [3.8, 4) is 0 Å². The van der Waals surface area contributed by atoms with Crippen LogP contribution in [0.25, 0.3) is 0 Å². The molecule has 0 saturated carbocycles. The summed E-state index contributed by atoms with van der Waals surface area (Å²) in [5.41, 5.74) is 1.75. The molecule has 0 aromatic carbocycles. The van der Waals surface area contributed by atoms with E-state index in [4.69, 9.17) is 4.42 Å². The van der Waals surface area contributed by atoms with Crippen LogP contribution in [0.4, 0.5) is 0 Å². The number of halogens is 1. The topological polar surface area (TPSA) is 42.2 Å². The third-order valence-electron chi connectivity index (χ3n) is 2.72. The van der Waals surface area contributed by atoms with Gasteiger partial charge in [-0.25, -0.2) is 0 Å². The summed E-state index contributed by atoms with van der Waals surface area (Å²) in [5.74, 6) is 1.69. The Morgan fingerprint density at radius 2 is 2.17 bits per heavy atom. The smallest absolute Gasteiger partial charge is 0.252 e. The number of nitrogens with one attached hydrogen (secondary N) is 1. The van der Waals surface area contributed by atoms with E-state index < -0.39 is 0 Å². The normalized spacial score (nSPS) is 12.4. The van der Waals surface area contributed by atoms with Crippen molar-refractivity contribution in [2.45, 2.75) is 26.8 Å². The lowest BCUT2D eigenvalue weighted by atomic mass is 10.1. The van der Waals surface area contributed by atoms with E-state index in [1.807, 2.05) is 38.3 Å². The van der Waals surface area contributed by atoms with Crippen LogP contribution in [0, 0.1) is 16.7 Å². The molecule has 0 saturated heterocycles. The lowest BCUT2D eigenvalue weighted by Gasteiger charge is -2.12. The van der Waals surface area contributed by atoms with Gasteiger partial charge in [-0.15, -0.1) is 11.3 Å². The highest BCUT2D eigenvalue weighted by Crippen LogP contribution is 2.22. The Hall–Kier alpha value is -0.820. The molecule has 1 unspecified atom stereocenters. The average Bonchev–Trinajstić information content (AvgIpc) is 2.84. The maximum Gasteiger partial charge on any atom is 0.252 e. The first-order valence-corrected chi connectivity index (χ1v) is 7.55. The van der Waals surface area contributed by atoms with Gasteiger partial charge in [0.05, 0.1) is 14.5 Å². The molecule has 2 aromatic heterocycles. The number of rotatable bonds is 3. The fourth-order valence-corrected chi connectivity index (χ4v) is 3.19. The molecule has 0 bridgehead atoms. The zero-order valence-corrected chi connectivity index (χ0v) is 13.4. The van der Waals surface area contributed by atoms with Gasteiger partial charge in [-0.3, -0.25) is 4.79 Å². The van der Waals surface area contributed by atoms with E-state index in [1.54, 1.807) is 11.3 Å². The van der Waals surface area contributed by atoms with Gasteiger partial charge in [0.2, 0.25) is 0 Å². The number of carbonyl (C=O) groups excluding carboxylic acids is 1. The molecule has 1 atom stereocenters. The molecule has 5 heteroatoms. The van der Waals surface area contributed by atoms with Crippen molar-refractivity contribution in [1.29, 1.82) is 0 Å². The van der Waals surface area contributed by atoms with Crippen LogP contribution in [0.3, 0.4) is 0 Å². The maximum atomic E-state index is 12.0. The molecule has 1 amide bonds. The van der Waals surface area contributed by atoms with Crippen molar-refractivity contribution in [1.82, 2.24) is 5.32 Å². The SMILES string of the molecule is Cc1cc(C(C)NC(=O)c2csc(I)c2)c(C)o1. The molecule has 2 rings (SSSR count). The number of hydrogen-bond acceptors (Lipinski definition) is 3. The minimum Gasteiger partial charge on any atom is -0.466 e. The number of furan rings is 1. The van der Waals surface area contributed by atoms with Crippen LogP contribution >= 0.6 is 33.9 Å². The summed E-state index contributed by atoms with van der Waals surface area (Å²) in [6, 6.07) is 3.81. The third-order valence-corrected chi connectivity index (χ3v) is 4.51. The lowest BCUT2D eigenvalue weighted by Crippen LogP contribution is -2.26. The van der Waals surface area contributed by atoms with Crippen molar-refractivity contribution < 1.29 is 9.21 Å². The fourth-order valence-electron chi connectivity index (χ4n) is 1.87. The second kappa shape index (κ2) is 5.44. The molecule has 0 radical (unpaired) electrons. The van der Waals surface area contributed by atoms with Crippen LogP contribution in [0.5, 0.6) is 0 Å². The minimum atomic E-state index is -0.0486. The fraction of sp³-hybridized carbons (Fsp3) is 0.308. The van der Waals surface area contributed by atoms with Crippen LogP contribution < -0.4 is 5.32 Å². The summed E-state index contributed by atoms with van der Waals surface area (Å²) < 4.78 is 6.59. The molecule has 0 aliphatic heterocycles. The van der Waals surface area contributed by atoms with Gasteiger partial charge >= 0.3 is 0 Å². The number of aryl methyl sites for hydroxylation is 2. The Labute approximate surface area is 124 Å². The van der Waals surface area contributed by atoms with Gasteiger partial charge in [-0.2, -0.15) is 0 Å². The molecule has 96 valence electrons. The third kappa shape index (κ3) is 2.95. The summed E-state index contributed by atoms with van der Waals surface area (Å²) in [6.45, 7) is 5.79. The van der Waals surface area contributed by atoms with Crippen LogP contribution in [0.1, 0.15) is 40.4 Å². The minimum absolute atomic E-state index is 0.0417. The molecule has 3 nitrogen and oxygen atoms in total. The first-order chi connectivity index (χ1) is 8.47. The standard InChI is InChI=1S/C13H14INO2S/c1-7-4-11(9(3)17-7)8(2)15-13(16)10-5-12(14)18-6-10/h4-6,8H,1-3H3,(H,15,16).